The van der Waals surface area contributed by atoms with E-state index in [4.69, 9.17) is 0 Å². The molecule has 0 fully saturated rings. The number of hydrogen-bond donors (Lipinski definition) is 1. The number of nitrogens with one attached hydrogen (secondary N) is 1. The molecule has 1 aliphatic heterocycles. The number of carbonyl (C=O) groups excluding carboxylic acids is 2. The van der Waals surface area contributed by atoms with Gasteiger partial charge in [-0.25, -0.2) is 4.79 Å². The topological polar surface area (TPSA) is 49.4 Å². The van der Waals surface area contributed by atoms with Crippen LogP contribution < -0.4 is 5.32 Å². The van der Waals surface area contributed by atoms with E-state index in [1.165, 1.54) is 6.92 Å². The zero-order valence-electron chi connectivity index (χ0n) is 13.1. The normalized spacial score (nSPS) is 17.7. The molecule has 1 aliphatic rings. The number of nitrogens with zero attached hydrogens (tertiary/aromatic N) is 1. The van der Waals surface area contributed by atoms with Gasteiger partial charge in [0, 0.05) is 18.3 Å². The van der Waals surface area contributed by atoms with Gasteiger partial charge in [-0.1, -0.05) is 35.9 Å². The maximum Gasteiger partial charge on any atom is 0.322 e. The zero-order chi connectivity index (χ0) is 16.1. The minimum Gasteiger partial charge on any atom is -0.327 e. The predicted molar refractivity (Wildman–Crippen MR) is 87.2 cm³/mol. The molecule has 1 N–H and O–H groups in total. The molecule has 2 amide bonds. The van der Waals surface area contributed by atoms with Crippen LogP contribution in [-0.4, -0.2) is 23.3 Å². The molecule has 22 heavy (non-hydrogen) atoms. The molecule has 2 rings (SSSR count). The first-order valence-corrected chi connectivity index (χ1v) is 7.48. The van der Waals surface area contributed by atoms with Crippen molar-refractivity contribution in [1.82, 2.24) is 10.2 Å². The fraction of sp³-hybridized carbons (Fsp3) is 0.333. The highest BCUT2D eigenvalue weighted by Crippen LogP contribution is 2.26. The van der Waals surface area contributed by atoms with Gasteiger partial charge in [0.05, 0.1) is 6.04 Å². The van der Waals surface area contributed by atoms with Gasteiger partial charge in [-0.2, -0.15) is 0 Å². The van der Waals surface area contributed by atoms with Crippen molar-refractivity contribution in [2.24, 2.45) is 0 Å². The van der Waals surface area contributed by atoms with E-state index in [1.54, 1.807) is 11.1 Å². The third kappa shape index (κ3) is 3.85. The first kappa shape index (κ1) is 16.0. The summed E-state index contributed by atoms with van der Waals surface area (Å²) in [7, 11) is 0. The average Bonchev–Trinajstić information content (AvgIpc) is 2.49. The van der Waals surface area contributed by atoms with E-state index in [0.29, 0.717) is 12.1 Å². The summed E-state index contributed by atoms with van der Waals surface area (Å²) in [4.78, 5) is 25.8. The lowest BCUT2D eigenvalue weighted by molar-refractivity contribution is -0.114. The van der Waals surface area contributed by atoms with Crippen LogP contribution in [-0.2, 0) is 4.79 Å². The number of rotatable bonds is 6. The second kappa shape index (κ2) is 7.07. The number of carbonyl (C=O) groups is 2. The summed E-state index contributed by atoms with van der Waals surface area (Å²) in [5.41, 5.74) is 2.62. The van der Waals surface area contributed by atoms with Crippen LogP contribution >= 0.6 is 0 Å². The lowest BCUT2D eigenvalue weighted by Crippen LogP contribution is -2.45. The van der Waals surface area contributed by atoms with E-state index >= 15 is 0 Å². The molecule has 0 saturated heterocycles. The number of Topliss-reactive ketones (excluding diaryl/α,β-unsaturated/α-hetero) is 1. The summed E-state index contributed by atoms with van der Waals surface area (Å²) in [5.74, 6) is -0.0289. The molecular weight excluding hydrogens is 276 g/mol. The summed E-state index contributed by atoms with van der Waals surface area (Å²) in [6.07, 6.45) is 3.40. The Morgan fingerprint density at radius 2 is 1.95 bits per heavy atom. The largest absolute Gasteiger partial charge is 0.327 e. The van der Waals surface area contributed by atoms with Crippen LogP contribution in [0.3, 0.4) is 0 Å². The fourth-order valence-electron chi connectivity index (χ4n) is 2.51. The van der Waals surface area contributed by atoms with Gasteiger partial charge < -0.3 is 10.2 Å². The Morgan fingerprint density at radius 3 is 2.55 bits per heavy atom. The standard InChI is InChI=1S/C18H22N2O2/c1-13(2)8-7-11-20-12-16(14(3)21)17(19-18(20)22)15-9-5-4-6-10-15/h4-6,9-10,12,17H,1,7-8,11H2,2-3H3,(H,19,22). The monoisotopic (exact) mass is 298 g/mol. The zero-order valence-corrected chi connectivity index (χ0v) is 13.1. The van der Waals surface area contributed by atoms with Gasteiger partial charge >= 0.3 is 6.03 Å². The molecule has 1 unspecified atom stereocenters. The SMILES string of the molecule is C=C(C)CCCN1C=C(C(C)=O)C(c2ccccc2)NC1=O. The average molecular weight is 298 g/mol. The van der Waals surface area contributed by atoms with Crippen LogP contribution in [0.15, 0.2) is 54.3 Å². The molecule has 0 bridgehead atoms. The third-order valence-corrected chi connectivity index (χ3v) is 3.68. The van der Waals surface area contributed by atoms with Gasteiger partial charge in [0.1, 0.15) is 0 Å². The second-order valence-electron chi connectivity index (χ2n) is 5.69. The first-order valence-electron chi connectivity index (χ1n) is 7.48. The Labute approximate surface area is 131 Å². The summed E-state index contributed by atoms with van der Waals surface area (Å²) in [6.45, 7) is 7.95. The van der Waals surface area contributed by atoms with Gasteiger partial charge in [-0.05, 0) is 32.3 Å². The molecule has 4 nitrogen and oxygen atoms in total. The Kier molecular flexibility index (Phi) is 5.15. The Bertz CT molecular complexity index is 605. The molecule has 1 atom stereocenters. The highest BCUT2D eigenvalue weighted by Gasteiger charge is 2.29. The quantitative estimate of drug-likeness (QED) is 0.816. The molecule has 0 aromatic heterocycles. The maximum absolute atomic E-state index is 12.3. The van der Waals surface area contributed by atoms with E-state index in [1.807, 2.05) is 37.3 Å². The number of allylic oxidation sites excluding steroid dienone is 1. The first-order chi connectivity index (χ1) is 10.5. The third-order valence-electron chi connectivity index (χ3n) is 3.68. The van der Waals surface area contributed by atoms with Gasteiger partial charge in [0.25, 0.3) is 0 Å². The van der Waals surface area contributed by atoms with Gasteiger partial charge in [-0.3, -0.25) is 4.79 Å². The Hall–Kier alpha value is -2.36. The highest BCUT2D eigenvalue weighted by atomic mass is 16.2. The highest BCUT2D eigenvalue weighted by molar-refractivity contribution is 5.97. The lowest BCUT2D eigenvalue weighted by atomic mass is 9.95. The molecule has 116 valence electrons. The predicted octanol–water partition coefficient (Wildman–Crippen LogP) is 3.58. The molecule has 1 aromatic carbocycles. The molecule has 1 aromatic rings. The Morgan fingerprint density at radius 1 is 1.27 bits per heavy atom. The van der Waals surface area contributed by atoms with Crippen LogP contribution in [0, 0.1) is 0 Å². The number of urea groups is 1. The fourth-order valence-corrected chi connectivity index (χ4v) is 2.51. The number of amides is 2. The lowest BCUT2D eigenvalue weighted by Gasteiger charge is -2.31. The van der Waals surface area contributed by atoms with Crippen LogP contribution in [0.1, 0.15) is 38.3 Å². The minimum atomic E-state index is -0.372. The number of ketones is 1. The van der Waals surface area contributed by atoms with E-state index in [9.17, 15) is 9.59 Å². The van der Waals surface area contributed by atoms with Crippen molar-refractivity contribution in [3.8, 4) is 0 Å². The Balaban J connectivity index is 2.20. The van der Waals surface area contributed by atoms with Crippen LogP contribution in [0.5, 0.6) is 0 Å². The van der Waals surface area contributed by atoms with Gasteiger partial charge in [0.15, 0.2) is 5.78 Å². The molecule has 0 spiro atoms. The van der Waals surface area contributed by atoms with Crippen LogP contribution in [0.2, 0.25) is 0 Å². The molecule has 0 radical (unpaired) electrons. The van der Waals surface area contributed by atoms with Crippen molar-refractivity contribution in [1.29, 1.82) is 0 Å². The summed E-state index contributed by atoms with van der Waals surface area (Å²) in [6, 6.07) is 9.01. The van der Waals surface area contributed by atoms with Crippen molar-refractivity contribution in [3.05, 3.63) is 59.8 Å². The van der Waals surface area contributed by atoms with Gasteiger partial charge in [0.2, 0.25) is 0 Å². The van der Waals surface area contributed by atoms with Crippen LogP contribution in [0.25, 0.3) is 0 Å². The molecule has 0 saturated carbocycles. The van der Waals surface area contributed by atoms with Crippen molar-refractivity contribution in [2.45, 2.75) is 32.7 Å². The minimum absolute atomic E-state index is 0.0289. The molecule has 1 heterocycles. The van der Waals surface area contributed by atoms with Crippen molar-refractivity contribution in [2.75, 3.05) is 6.54 Å². The molecule has 4 heteroatoms. The van der Waals surface area contributed by atoms with Gasteiger partial charge in [-0.15, -0.1) is 6.58 Å². The van der Waals surface area contributed by atoms with E-state index in [2.05, 4.69) is 11.9 Å². The summed E-state index contributed by atoms with van der Waals surface area (Å²) in [5, 5.41) is 2.93. The molecule has 0 aliphatic carbocycles. The maximum atomic E-state index is 12.3. The van der Waals surface area contributed by atoms with Crippen molar-refractivity contribution in [3.63, 3.8) is 0 Å². The second-order valence-corrected chi connectivity index (χ2v) is 5.69. The van der Waals surface area contributed by atoms with E-state index < -0.39 is 0 Å². The van der Waals surface area contributed by atoms with Crippen LogP contribution in [0.4, 0.5) is 4.79 Å². The smallest absolute Gasteiger partial charge is 0.322 e. The van der Waals surface area contributed by atoms with Crippen molar-refractivity contribution < 1.29 is 9.59 Å². The van der Waals surface area contributed by atoms with E-state index in [0.717, 1.165) is 24.0 Å². The summed E-state index contributed by atoms with van der Waals surface area (Å²) < 4.78 is 0. The number of hydrogen-bond acceptors (Lipinski definition) is 2. The molecular formula is C18H22N2O2. The van der Waals surface area contributed by atoms with E-state index in [-0.39, 0.29) is 17.9 Å². The van der Waals surface area contributed by atoms with Crippen molar-refractivity contribution >= 4 is 11.8 Å². The number of benzene rings is 1. The summed E-state index contributed by atoms with van der Waals surface area (Å²) >= 11 is 0.